The Bertz CT molecular complexity index is 695. The number of hydrogen-bond donors (Lipinski definition) is 2. The fourth-order valence-electron chi connectivity index (χ4n) is 2.31. The first-order valence-corrected chi connectivity index (χ1v) is 9.83. The second-order valence-corrected chi connectivity index (χ2v) is 8.70. The van der Waals surface area contributed by atoms with E-state index in [-0.39, 0.29) is 5.91 Å². The van der Waals surface area contributed by atoms with E-state index in [9.17, 15) is 13.2 Å². The minimum atomic E-state index is -3.49. The molecule has 0 aliphatic rings. The lowest BCUT2D eigenvalue weighted by molar-refractivity contribution is -0.124. The Kier molecular flexibility index (Phi) is 7.25. The summed E-state index contributed by atoms with van der Waals surface area (Å²) in [5.74, 6) is 0.913. The maximum atomic E-state index is 12.4. The highest BCUT2D eigenvalue weighted by Gasteiger charge is 2.33. The number of carbonyl (C=O) groups excluding carboxylic acids is 1. The largest absolute Gasteiger partial charge is 0.493 e. The number of hydrogen-bond acceptors (Lipinski definition) is 5. The van der Waals surface area contributed by atoms with Crippen molar-refractivity contribution in [3.63, 3.8) is 0 Å². The van der Waals surface area contributed by atoms with E-state index in [2.05, 4.69) is 10.0 Å². The first-order chi connectivity index (χ1) is 11.5. The van der Waals surface area contributed by atoms with E-state index in [1.54, 1.807) is 20.3 Å². The van der Waals surface area contributed by atoms with Crippen molar-refractivity contribution in [2.45, 2.75) is 33.2 Å². The van der Waals surface area contributed by atoms with Crippen molar-refractivity contribution in [3.8, 4) is 11.5 Å². The molecule has 7 nitrogen and oxygen atoms in total. The van der Waals surface area contributed by atoms with Crippen molar-refractivity contribution in [1.82, 2.24) is 10.0 Å². The van der Waals surface area contributed by atoms with Crippen molar-refractivity contribution in [2.75, 3.05) is 27.0 Å². The number of ether oxygens (including phenoxy) is 2. The Labute approximate surface area is 150 Å². The molecule has 0 spiro atoms. The molecule has 0 saturated heterocycles. The zero-order valence-electron chi connectivity index (χ0n) is 15.7. The summed E-state index contributed by atoms with van der Waals surface area (Å²) in [7, 11) is -0.354. The average molecular weight is 372 g/mol. The molecule has 142 valence electrons. The number of amides is 1. The summed E-state index contributed by atoms with van der Waals surface area (Å²) in [4.78, 5) is 12.4. The molecular weight excluding hydrogens is 344 g/mol. The molecule has 1 aromatic carbocycles. The van der Waals surface area contributed by atoms with Crippen LogP contribution in [0.15, 0.2) is 18.2 Å². The lowest BCUT2D eigenvalue weighted by atomic mass is 9.87. The van der Waals surface area contributed by atoms with Gasteiger partial charge in [0.15, 0.2) is 11.5 Å². The summed E-state index contributed by atoms with van der Waals surface area (Å²) in [5.41, 5.74) is 0.428. The SMILES string of the molecule is COc1ccc(CCNC(=O)[C@H](NS(C)(=O)=O)C(C)(C)C)cc1OC. The zero-order chi connectivity index (χ0) is 19.3. The van der Waals surface area contributed by atoms with Gasteiger partial charge in [-0.1, -0.05) is 26.8 Å². The highest BCUT2D eigenvalue weighted by Crippen LogP contribution is 2.27. The van der Waals surface area contributed by atoms with E-state index >= 15 is 0 Å². The summed E-state index contributed by atoms with van der Waals surface area (Å²) >= 11 is 0. The number of rotatable bonds is 8. The average Bonchev–Trinajstić information content (AvgIpc) is 2.50. The van der Waals surface area contributed by atoms with Gasteiger partial charge in [-0.2, -0.15) is 0 Å². The molecule has 8 heteroatoms. The molecular formula is C17H28N2O5S. The van der Waals surface area contributed by atoms with Crippen LogP contribution in [0.2, 0.25) is 0 Å². The van der Waals surface area contributed by atoms with Gasteiger partial charge in [0.25, 0.3) is 0 Å². The molecule has 0 aromatic heterocycles. The van der Waals surface area contributed by atoms with Crippen LogP contribution >= 0.6 is 0 Å². The normalized spacial score (nSPS) is 13.2. The molecule has 0 radical (unpaired) electrons. The van der Waals surface area contributed by atoms with Crippen LogP contribution in [0.1, 0.15) is 26.3 Å². The molecule has 0 bridgehead atoms. The fourth-order valence-corrected chi connectivity index (χ4v) is 3.19. The van der Waals surface area contributed by atoms with Gasteiger partial charge in [0, 0.05) is 6.54 Å². The van der Waals surface area contributed by atoms with Gasteiger partial charge in [0.2, 0.25) is 15.9 Å². The Morgan fingerprint density at radius 1 is 1.16 bits per heavy atom. The van der Waals surface area contributed by atoms with E-state index in [0.717, 1.165) is 11.8 Å². The molecule has 0 fully saturated rings. The number of carbonyl (C=O) groups is 1. The Balaban J connectivity index is 2.71. The van der Waals surface area contributed by atoms with Crippen molar-refractivity contribution in [1.29, 1.82) is 0 Å². The standard InChI is InChI=1S/C17H28N2O5S/c1-17(2,3)15(19-25(6,21)22)16(20)18-10-9-12-7-8-13(23-4)14(11-12)24-5/h7-8,11,15,19H,9-10H2,1-6H3,(H,18,20)/t15-/m0/s1. The topological polar surface area (TPSA) is 93.7 Å². The minimum Gasteiger partial charge on any atom is -0.493 e. The number of methoxy groups -OCH3 is 2. The van der Waals surface area contributed by atoms with Crippen LogP contribution < -0.4 is 19.5 Å². The predicted octanol–water partition coefficient (Wildman–Crippen LogP) is 1.33. The summed E-state index contributed by atoms with van der Waals surface area (Å²) in [6.07, 6.45) is 1.63. The predicted molar refractivity (Wildman–Crippen MR) is 97.5 cm³/mol. The monoisotopic (exact) mass is 372 g/mol. The van der Waals surface area contributed by atoms with Crippen LogP contribution in [-0.2, 0) is 21.2 Å². The number of benzene rings is 1. The van der Waals surface area contributed by atoms with Crippen LogP contribution in [0.25, 0.3) is 0 Å². The molecule has 1 rings (SSSR count). The quantitative estimate of drug-likeness (QED) is 0.718. The van der Waals surface area contributed by atoms with E-state index in [4.69, 9.17) is 9.47 Å². The third-order valence-electron chi connectivity index (χ3n) is 3.62. The lowest BCUT2D eigenvalue weighted by Gasteiger charge is -2.29. The van der Waals surface area contributed by atoms with Gasteiger partial charge in [0.05, 0.1) is 20.5 Å². The molecule has 2 N–H and O–H groups in total. The smallest absolute Gasteiger partial charge is 0.238 e. The van der Waals surface area contributed by atoms with Crippen molar-refractivity contribution in [3.05, 3.63) is 23.8 Å². The van der Waals surface area contributed by atoms with Crippen molar-refractivity contribution < 1.29 is 22.7 Å². The molecule has 0 saturated carbocycles. The second kappa shape index (κ2) is 8.53. The van der Waals surface area contributed by atoms with Gasteiger partial charge in [-0.15, -0.1) is 0 Å². The molecule has 0 heterocycles. The van der Waals surface area contributed by atoms with Gasteiger partial charge in [-0.25, -0.2) is 13.1 Å². The van der Waals surface area contributed by atoms with Crippen LogP contribution in [-0.4, -0.2) is 47.4 Å². The maximum Gasteiger partial charge on any atom is 0.238 e. The van der Waals surface area contributed by atoms with Crippen molar-refractivity contribution >= 4 is 15.9 Å². The number of sulfonamides is 1. The van der Waals surface area contributed by atoms with Gasteiger partial charge in [-0.05, 0) is 29.5 Å². The van der Waals surface area contributed by atoms with E-state index in [1.807, 2.05) is 32.9 Å². The molecule has 1 atom stereocenters. The van der Waals surface area contributed by atoms with E-state index in [0.29, 0.717) is 24.5 Å². The summed E-state index contributed by atoms with van der Waals surface area (Å²) in [6, 6.07) is 4.71. The highest BCUT2D eigenvalue weighted by molar-refractivity contribution is 7.88. The summed E-state index contributed by atoms with van der Waals surface area (Å²) in [6.45, 7) is 5.81. The van der Waals surface area contributed by atoms with Crippen LogP contribution in [0, 0.1) is 5.41 Å². The summed E-state index contributed by atoms with van der Waals surface area (Å²) < 4.78 is 35.8. The Morgan fingerprint density at radius 3 is 2.24 bits per heavy atom. The Morgan fingerprint density at radius 2 is 1.76 bits per heavy atom. The molecule has 0 aliphatic carbocycles. The zero-order valence-corrected chi connectivity index (χ0v) is 16.5. The van der Waals surface area contributed by atoms with Crippen LogP contribution in [0.3, 0.4) is 0 Å². The van der Waals surface area contributed by atoms with E-state index in [1.165, 1.54) is 0 Å². The molecule has 1 amide bonds. The minimum absolute atomic E-state index is 0.349. The van der Waals surface area contributed by atoms with Crippen LogP contribution in [0.4, 0.5) is 0 Å². The number of nitrogens with one attached hydrogen (secondary N) is 2. The fraction of sp³-hybridized carbons (Fsp3) is 0.588. The van der Waals surface area contributed by atoms with Gasteiger partial charge in [-0.3, -0.25) is 4.79 Å². The van der Waals surface area contributed by atoms with Crippen LogP contribution in [0.5, 0.6) is 11.5 Å². The first-order valence-electron chi connectivity index (χ1n) is 7.94. The first kappa shape index (κ1) is 21.2. The maximum absolute atomic E-state index is 12.4. The van der Waals surface area contributed by atoms with Gasteiger partial charge < -0.3 is 14.8 Å². The third kappa shape index (κ3) is 6.91. The van der Waals surface area contributed by atoms with Crippen molar-refractivity contribution in [2.24, 2.45) is 5.41 Å². The van der Waals surface area contributed by atoms with E-state index < -0.39 is 21.5 Å². The van der Waals surface area contributed by atoms with Gasteiger partial charge in [0.1, 0.15) is 6.04 Å². The Hall–Kier alpha value is -1.80. The highest BCUT2D eigenvalue weighted by atomic mass is 32.2. The lowest BCUT2D eigenvalue weighted by Crippen LogP contribution is -2.53. The second-order valence-electron chi connectivity index (χ2n) is 6.92. The molecule has 1 aromatic rings. The molecule has 25 heavy (non-hydrogen) atoms. The summed E-state index contributed by atoms with van der Waals surface area (Å²) in [5, 5.41) is 2.79. The third-order valence-corrected chi connectivity index (χ3v) is 4.28. The molecule has 0 unspecified atom stereocenters. The van der Waals surface area contributed by atoms with Gasteiger partial charge >= 0.3 is 0 Å². The molecule has 0 aliphatic heterocycles.